The first-order valence-corrected chi connectivity index (χ1v) is 6.35. The average molecular weight is 283 g/mol. The molecule has 0 unspecified atom stereocenters. The Hall–Kier alpha value is 0.690. The Bertz CT molecular complexity index is 96.5. The van der Waals surface area contributed by atoms with Crippen molar-refractivity contribution >= 4 is 22.6 Å². The van der Waals surface area contributed by atoms with Crippen molar-refractivity contribution in [3.05, 3.63) is 0 Å². The lowest BCUT2D eigenvalue weighted by Crippen LogP contribution is -2.21. The highest BCUT2D eigenvalue weighted by atomic mass is 127. The van der Waals surface area contributed by atoms with Crippen LogP contribution in [0.4, 0.5) is 0 Å². The van der Waals surface area contributed by atoms with Gasteiger partial charge in [0.05, 0.1) is 0 Å². The lowest BCUT2D eigenvalue weighted by atomic mass is 9.92. The maximum atomic E-state index is 3.47. The van der Waals surface area contributed by atoms with Crippen molar-refractivity contribution in [1.29, 1.82) is 0 Å². The third-order valence-electron chi connectivity index (χ3n) is 1.79. The zero-order chi connectivity index (χ0) is 9.45. The van der Waals surface area contributed by atoms with Crippen LogP contribution < -0.4 is 5.32 Å². The number of nitrogens with one attached hydrogen (secondary N) is 1. The highest BCUT2D eigenvalue weighted by molar-refractivity contribution is 14.1. The summed E-state index contributed by atoms with van der Waals surface area (Å²) in [5.74, 6) is 0. The summed E-state index contributed by atoms with van der Waals surface area (Å²) >= 11 is 2.43. The molecule has 0 aromatic rings. The molecule has 0 saturated heterocycles. The molecule has 0 bridgehead atoms. The largest absolute Gasteiger partial charge is 0.317 e. The summed E-state index contributed by atoms with van der Waals surface area (Å²) in [6.07, 6.45) is 3.95. The molecular weight excluding hydrogens is 261 g/mol. The van der Waals surface area contributed by atoms with Crippen LogP contribution in [0.2, 0.25) is 0 Å². The van der Waals surface area contributed by atoms with Crippen LogP contribution in [0.15, 0.2) is 0 Å². The van der Waals surface area contributed by atoms with E-state index in [1.807, 2.05) is 0 Å². The predicted molar refractivity (Wildman–Crippen MR) is 65.1 cm³/mol. The summed E-state index contributed by atoms with van der Waals surface area (Å²) in [4.78, 5) is 0. The summed E-state index contributed by atoms with van der Waals surface area (Å²) in [6.45, 7) is 9.24. The van der Waals surface area contributed by atoms with Gasteiger partial charge in [0.1, 0.15) is 0 Å². The Morgan fingerprint density at radius 3 is 2.25 bits per heavy atom. The minimum absolute atomic E-state index is 0.482. The van der Waals surface area contributed by atoms with Gasteiger partial charge in [-0.3, -0.25) is 0 Å². The monoisotopic (exact) mass is 283 g/mol. The Balaban J connectivity index is 3.01. The normalized spacial score (nSPS) is 12.0. The lowest BCUT2D eigenvalue weighted by Gasteiger charge is -2.17. The van der Waals surface area contributed by atoms with Crippen LogP contribution in [-0.2, 0) is 0 Å². The van der Waals surface area contributed by atoms with Gasteiger partial charge in [0, 0.05) is 0 Å². The van der Waals surface area contributed by atoms with E-state index in [2.05, 4.69) is 48.7 Å². The van der Waals surface area contributed by atoms with Gasteiger partial charge in [-0.15, -0.1) is 0 Å². The first kappa shape index (κ1) is 12.7. The van der Waals surface area contributed by atoms with Gasteiger partial charge in [0.25, 0.3) is 0 Å². The van der Waals surface area contributed by atoms with E-state index in [-0.39, 0.29) is 0 Å². The topological polar surface area (TPSA) is 12.0 Å². The molecule has 0 radical (unpaired) electrons. The molecule has 0 saturated carbocycles. The number of unbranched alkanes of at least 4 members (excludes halogenated alkanes) is 1. The summed E-state index contributed by atoms with van der Waals surface area (Å²) in [5, 5.41) is 3.47. The second-order valence-electron chi connectivity index (χ2n) is 4.46. The molecule has 0 aliphatic carbocycles. The zero-order valence-corrected chi connectivity index (χ0v) is 10.8. The van der Waals surface area contributed by atoms with E-state index >= 15 is 0 Å². The van der Waals surface area contributed by atoms with E-state index in [0.29, 0.717) is 5.41 Å². The summed E-state index contributed by atoms with van der Waals surface area (Å²) in [7, 11) is 0. The molecule has 0 rings (SSSR count). The summed E-state index contributed by atoms with van der Waals surface area (Å²) in [5.41, 5.74) is 0.482. The fourth-order valence-corrected chi connectivity index (χ4v) is 1.47. The molecule has 0 atom stereocenters. The Labute approximate surface area is 90.8 Å². The Morgan fingerprint density at radius 1 is 1.08 bits per heavy atom. The van der Waals surface area contributed by atoms with Crippen molar-refractivity contribution in [2.45, 2.75) is 40.0 Å². The number of rotatable bonds is 6. The molecule has 0 heterocycles. The molecule has 1 nitrogen and oxygen atoms in total. The van der Waals surface area contributed by atoms with E-state index in [9.17, 15) is 0 Å². The van der Waals surface area contributed by atoms with E-state index in [4.69, 9.17) is 0 Å². The van der Waals surface area contributed by atoms with E-state index < -0.39 is 0 Å². The van der Waals surface area contributed by atoms with E-state index in [0.717, 1.165) is 0 Å². The minimum Gasteiger partial charge on any atom is -0.317 e. The highest BCUT2D eigenvalue weighted by Gasteiger charge is 2.08. The maximum Gasteiger partial charge on any atom is -0.000426 e. The molecule has 0 amide bonds. The molecule has 0 spiro atoms. The Morgan fingerprint density at radius 2 is 1.75 bits per heavy atom. The van der Waals surface area contributed by atoms with Crippen molar-refractivity contribution in [3.8, 4) is 0 Å². The minimum atomic E-state index is 0.482. The number of hydrogen-bond donors (Lipinski definition) is 1. The fraction of sp³-hybridized carbons (Fsp3) is 1.00. The van der Waals surface area contributed by atoms with Crippen LogP contribution >= 0.6 is 22.6 Å². The molecule has 12 heavy (non-hydrogen) atoms. The van der Waals surface area contributed by atoms with Crippen LogP contribution in [0.3, 0.4) is 0 Å². The second kappa shape index (κ2) is 7.13. The smallest absolute Gasteiger partial charge is 0.000426 e. The van der Waals surface area contributed by atoms with Gasteiger partial charge >= 0.3 is 0 Å². The molecule has 2 heteroatoms. The lowest BCUT2D eigenvalue weighted by molar-refractivity contribution is 0.366. The maximum absolute atomic E-state index is 3.47. The first-order valence-electron chi connectivity index (χ1n) is 4.83. The number of alkyl halides is 1. The summed E-state index contributed by atoms with van der Waals surface area (Å²) < 4.78 is 1.29. The van der Waals surface area contributed by atoms with Crippen LogP contribution in [0, 0.1) is 5.41 Å². The highest BCUT2D eigenvalue weighted by Crippen LogP contribution is 2.16. The van der Waals surface area contributed by atoms with Gasteiger partial charge in [0.2, 0.25) is 0 Å². The van der Waals surface area contributed by atoms with Crippen LogP contribution in [0.5, 0.6) is 0 Å². The SMILES string of the molecule is CC(C)(C)CCNCCCCI. The van der Waals surface area contributed by atoms with Gasteiger partial charge in [-0.2, -0.15) is 0 Å². The van der Waals surface area contributed by atoms with Crippen LogP contribution in [-0.4, -0.2) is 17.5 Å². The fourth-order valence-electron chi connectivity index (χ4n) is 0.933. The van der Waals surface area contributed by atoms with Crippen molar-refractivity contribution in [2.75, 3.05) is 17.5 Å². The third-order valence-corrected chi connectivity index (χ3v) is 2.55. The van der Waals surface area contributed by atoms with E-state index in [1.54, 1.807) is 0 Å². The average Bonchev–Trinajstić information content (AvgIpc) is 1.94. The third kappa shape index (κ3) is 10.7. The first-order chi connectivity index (χ1) is 5.56. The molecular formula is C10H22IN. The molecule has 0 aliphatic heterocycles. The Kier molecular flexibility index (Phi) is 7.54. The summed E-state index contributed by atoms with van der Waals surface area (Å²) in [6, 6.07) is 0. The van der Waals surface area contributed by atoms with Crippen molar-refractivity contribution in [1.82, 2.24) is 5.32 Å². The molecule has 74 valence electrons. The molecule has 0 aromatic carbocycles. The van der Waals surface area contributed by atoms with Gasteiger partial charge in [-0.05, 0) is 42.2 Å². The van der Waals surface area contributed by atoms with Gasteiger partial charge in [-0.1, -0.05) is 43.4 Å². The van der Waals surface area contributed by atoms with Gasteiger partial charge < -0.3 is 5.32 Å². The predicted octanol–water partition coefficient (Wildman–Crippen LogP) is 3.23. The van der Waals surface area contributed by atoms with Gasteiger partial charge in [0.15, 0.2) is 0 Å². The molecule has 0 fully saturated rings. The van der Waals surface area contributed by atoms with E-state index in [1.165, 1.54) is 36.8 Å². The van der Waals surface area contributed by atoms with Gasteiger partial charge in [-0.25, -0.2) is 0 Å². The molecule has 0 aromatic heterocycles. The van der Waals surface area contributed by atoms with Crippen molar-refractivity contribution in [2.24, 2.45) is 5.41 Å². The second-order valence-corrected chi connectivity index (χ2v) is 5.54. The van der Waals surface area contributed by atoms with Crippen molar-refractivity contribution in [3.63, 3.8) is 0 Å². The quantitative estimate of drug-likeness (QED) is 0.448. The standard InChI is InChI=1S/C10H22IN/c1-10(2,3)6-9-12-8-5-4-7-11/h12H,4-9H2,1-3H3. The number of hydrogen-bond acceptors (Lipinski definition) is 1. The van der Waals surface area contributed by atoms with Crippen LogP contribution in [0.1, 0.15) is 40.0 Å². The zero-order valence-electron chi connectivity index (χ0n) is 8.62. The molecule has 0 aliphatic rings. The van der Waals surface area contributed by atoms with Crippen molar-refractivity contribution < 1.29 is 0 Å². The number of halogens is 1. The molecule has 1 N–H and O–H groups in total. The van der Waals surface area contributed by atoms with Crippen LogP contribution in [0.25, 0.3) is 0 Å².